The third-order valence-corrected chi connectivity index (χ3v) is 7.43. The van der Waals surface area contributed by atoms with Crippen LogP contribution in [0.2, 0.25) is 0 Å². The van der Waals surface area contributed by atoms with Crippen molar-refractivity contribution in [3.63, 3.8) is 0 Å². The van der Waals surface area contributed by atoms with Crippen molar-refractivity contribution in [1.82, 2.24) is 34.9 Å². The smallest absolute Gasteiger partial charge is 0.271 e. The Morgan fingerprint density at radius 1 is 0.978 bits per heavy atom. The van der Waals surface area contributed by atoms with E-state index in [0.29, 0.717) is 48.5 Å². The van der Waals surface area contributed by atoms with Gasteiger partial charge in [-0.05, 0) is 36.8 Å². The molecule has 0 aliphatic carbocycles. The maximum absolute atomic E-state index is 13.2. The van der Waals surface area contributed by atoms with Crippen LogP contribution in [0.25, 0.3) is 5.82 Å². The Balaban J connectivity index is 1.37. The fraction of sp³-hybridized carbons (Fsp3) is 0.375. The topological polar surface area (TPSA) is 151 Å². The average Bonchev–Trinajstić information content (AvgIpc) is 3.46. The molecular weight excluding hydrogens is 572 g/mol. The normalized spacial score (nSPS) is 13.7. The van der Waals surface area contributed by atoms with Gasteiger partial charge in [0.15, 0.2) is 11.5 Å². The van der Waals surface area contributed by atoms with Gasteiger partial charge in [0.1, 0.15) is 18.0 Å². The zero-order chi connectivity index (χ0) is 32.0. The Morgan fingerprint density at radius 3 is 2.53 bits per heavy atom. The van der Waals surface area contributed by atoms with Gasteiger partial charge in [0, 0.05) is 79.6 Å². The number of morpholine rings is 1. The van der Waals surface area contributed by atoms with Crippen molar-refractivity contribution < 1.29 is 14.3 Å². The molecule has 4 aromatic rings. The zero-order valence-electron chi connectivity index (χ0n) is 26.3. The molecule has 1 aliphatic heterocycles. The number of ether oxygens (including phenoxy) is 1. The molecule has 1 fully saturated rings. The predicted octanol–water partition coefficient (Wildman–Crippen LogP) is 3.76. The second kappa shape index (κ2) is 13.8. The van der Waals surface area contributed by atoms with Crippen LogP contribution in [-0.2, 0) is 10.2 Å². The third-order valence-electron chi connectivity index (χ3n) is 7.43. The Morgan fingerprint density at radius 2 is 1.78 bits per heavy atom. The van der Waals surface area contributed by atoms with Gasteiger partial charge in [0.2, 0.25) is 0 Å². The number of pyridine rings is 1. The lowest BCUT2D eigenvalue weighted by Gasteiger charge is -2.26. The first-order chi connectivity index (χ1) is 21.6. The van der Waals surface area contributed by atoms with Gasteiger partial charge < -0.3 is 26.0 Å². The monoisotopic (exact) mass is 612 g/mol. The van der Waals surface area contributed by atoms with Crippen molar-refractivity contribution in [3.8, 4) is 5.82 Å². The summed E-state index contributed by atoms with van der Waals surface area (Å²) in [6, 6.07) is 12.5. The highest BCUT2D eigenvalue weighted by Gasteiger charge is 2.20. The molecule has 0 saturated carbocycles. The van der Waals surface area contributed by atoms with Crippen LogP contribution in [0.1, 0.15) is 52.9 Å². The van der Waals surface area contributed by atoms with Gasteiger partial charge in [-0.3, -0.25) is 19.5 Å². The summed E-state index contributed by atoms with van der Waals surface area (Å²) in [4.78, 5) is 41.6. The summed E-state index contributed by atoms with van der Waals surface area (Å²) < 4.78 is 6.97. The minimum Gasteiger partial charge on any atom is -0.379 e. The number of aryl methyl sites for hydroxylation is 1. The second-order valence-corrected chi connectivity index (χ2v) is 11.8. The molecule has 5 rings (SSSR count). The number of anilines is 4. The molecule has 0 radical (unpaired) electrons. The lowest BCUT2D eigenvalue weighted by atomic mass is 9.91. The van der Waals surface area contributed by atoms with E-state index in [1.807, 2.05) is 31.2 Å². The quantitative estimate of drug-likeness (QED) is 0.208. The van der Waals surface area contributed by atoms with Crippen molar-refractivity contribution in [2.75, 3.05) is 62.4 Å². The molecule has 45 heavy (non-hydrogen) atoms. The minimum atomic E-state index is -0.294. The van der Waals surface area contributed by atoms with Crippen molar-refractivity contribution in [2.24, 2.45) is 0 Å². The van der Waals surface area contributed by atoms with E-state index in [1.54, 1.807) is 36.1 Å². The SMILES string of the molecule is CNc1cc(-n2nc(C(=O)NCCN3CCOCC3)cc2Nc2cc(NC(=O)c3ccnc(C(C)(C)C)c3)ccc2C)ncn1. The first-order valence-corrected chi connectivity index (χ1v) is 14.9. The Hall–Kier alpha value is -4.88. The molecule has 0 unspecified atom stereocenters. The molecule has 2 amide bonds. The number of carbonyl (C=O) groups is 2. The van der Waals surface area contributed by atoms with E-state index in [2.05, 4.69) is 67.0 Å². The lowest BCUT2D eigenvalue weighted by Crippen LogP contribution is -2.41. The van der Waals surface area contributed by atoms with Crippen molar-refractivity contribution in [1.29, 1.82) is 0 Å². The van der Waals surface area contributed by atoms with E-state index in [0.717, 1.165) is 36.6 Å². The van der Waals surface area contributed by atoms with Gasteiger partial charge in [-0.1, -0.05) is 26.8 Å². The predicted molar refractivity (Wildman–Crippen MR) is 174 cm³/mol. The van der Waals surface area contributed by atoms with Crippen molar-refractivity contribution in [2.45, 2.75) is 33.1 Å². The van der Waals surface area contributed by atoms with Crippen LogP contribution in [0, 0.1) is 6.92 Å². The number of benzene rings is 1. The third kappa shape index (κ3) is 7.99. The number of carbonyl (C=O) groups excluding carboxylic acids is 2. The van der Waals surface area contributed by atoms with Crippen LogP contribution in [0.4, 0.5) is 23.0 Å². The number of amides is 2. The first-order valence-electron chi connectivity index (χ1n) is 14.9. The van der Waals surface area contributed by atoms with Crippen LogP contribution in [-0.4, -0.2) is 87.9 Å². The van der Waals surface area contributed by atoms with Gasteiger partial charge >= 0.3 is 0 Å². The Labute approximate surface area is 262 Å². The highest BCUT2D eigenvalue weighted by molar-refractivity contribution is 6.04. The molecule has 236 valence electrons. The highest BCUT2D eigenvalue weighted by Crippen LogP contribution is 2.27. The highest BCUT2D eigenvalue weighted by atomic mass is 16.5. The van der Waals surface area contributed by atoms with E-state index in [-0.39, 0.29) is 22.9 Å². The number of nitrogens with one attached hydrogen (secondary N) is 4. The Kier molecular flexibility index (Phi) is 9.69. The van der Waals surface area contributed by atoms with E-state index in [4.69, 9.17) is 4.74 Å². The second-order valence-electron chi connectivity index (χ2n) is 11.8. The maximum atomic E-state index is 13.2. The average molecular weight is 613 g/mol. The molecular formula is C32H40N10O3. The van der Waals surface area contributed by atoms with Gasteiger partial charge in [-0.25, -0.2) is 9.97 Å². The van der Waals surface area contributed by atoms with E-state index in [9.17, 15) is 9.59 Å². The van der Waals surface area contributed by atoms with Gasteiger partial charge in [0.25, 0.3) is 11.8 Å². The first kappa shape index (κ1) is 31.5. The van der Waals surface area contributed by atoms with E-state index in [1.165, 1.54) is 6.33 Å². The van der Waals surface area contributed by atoms with Gasteiger partial charge in [0.05, 0.1) is 13.2 Å². The molecule has 1 aliphatic rings. The molecule has 1 saturated heterocycles. The van der Waals surface area contributed by atoms with Crippen LogP contribution < -0.4 is 21.3 Å². The summed E-state index contributed by atoms with van der Waals surface area (Å²) in [6.45, 7) is 12.4. The molecule has 3 aromatic heterocycles. The Bertz CT molecular complexity index is 1660. The fourth-order valence-electron chi connectivity index (χ4n) is 4.76. The standard InChI is InChI=1S/C32H40N10O3/c1-21-6-7-23(38-30(43)22-8-9-34-26(16-22)32(2,3)4)17-24(21)39-29-18-25(31(44)35-10-11-41-12-14-45-15-13-41)40-42(29)28-19-27(33-5)36-20-37-28/h6-9,16-20,39H,10-15H2,1-5H3,(H,35,44)(H,38,43)(H,33,36,37). The molecule has 13 nitrogen and oxygen atoms in total. The zero-order valence-corrected chi connectivity index (χ0v) is 26.3. The molecule has 0 bridgehead atoms. The summed E-state index contributed by atoms with van der Waals surface area (Å²) in [5, 5.41) is 17.0. The van der Waals surface area contributed by atoms with E-state index < -0.39 is 0 Å². The van der Waals surface area contributed by atoms with Crippen LogP contribution >= 0.6 is 0 Å². The number of aromatic nitrogens is 5. The van der Waals surface area contributed by atoms with Crippen LogP contribution in [0.3, 0.4) is 0 Å². The lowest BCUT2D eigenvalue weighted by molar-refractivity contribution is 0.0383. The summed E-state index contributed by atoms with van der Waals surface area (Å²) in [7, 11) is 1.76. The number of hydrogen-bond donors (Lipinski definition) is 4. The molecule has 0 spiro atoms. The largest absolute Gasteiger partial charge is 0.379 e. The van der Waals surface area contributed by atoms with Crippen LogP contribution in [0.15, 0.2) is 55.0 Å². The molecule has 13 heteroatoms. The van der Waals surface area contributed by atoms with Crippen LogP contribution in [0.5, 0.6) is 0 Å². The molecule has 4 heterocycles. The fourth-order valence-corrected chi connectivity index (χ4v) is 4.76. The minimum absolute atomic E-state index is 0.184. The summed E-state index contributed by atoms with van der Waals surface area (Å²) in [6.07, 6.45) is 3.09. The van der Waals surface area contributed by atoms with Crippen molar-refractivity contribution >= 4 is 34.8 Å². The maximum Gasteiger partial charge on any atom is 0.271 e. The number of rotatable bonds is 10. The van der Waals surface area contributed by atoms with Crippen molar-refractivity contribution in [3.05, 3.63) is 77.5 Å². The van der Waals surface area contributed by atoms with Gasteiger partial charge in [-0.15, -0.1) is 0 Å². The number of hydrogen-bond acceptors (Lipinski definition) is 10. The van der Waals surface area contributed by atoms with Gasteiger partial charge in [-0.2, -0.15) is 9.78 Å². The summed E-state index contributed by atoms with van der Waals surface area (Å²) in [5.41, 5.74) is 3.66. The number of nitrogens with zero attached hydrogens (tertiary/aromatic N) is 6. The summed E-state index contributed by atoms with van der Waals surface area (Å²) >= 11 is 0. The summed E-state index contributed by atoms with van der Waals surface area (Å²) in [5.74, 6) is 1.06. The molecule has 4 N–H and O–H groups in total. The molecule has 0 atom stereocenters. The molecule has 1 aromatic carbocycles. The van der Waals surface area contributed by atoms with E-state index >= 15 is 0 Å².